The van der Waals surface area contributed by atoms with E-state index in [1.807, 2.05) is 18.2 Å². The van der Waals surface area contributed by atoms with E-state index in [4.69, 9.17) is 9.47 Å². The van der Waals surface area contributed by atoms with Crippen LogP contribution in [0.1, 0.15) is 25.3 Å². The van der Waals surface area contributed by atoms with Crippen LogP contribution in [-0.2, 0) is 19.1 Å². The standard InChI is InChI=1S/C14H17BrO4/c1-3-18-13(16)11(10-8-6-5-7-9-10)12(15)14(17)19-4-2/h5-9,11-12H,3-4H2,1-2H3. The van der Waals surface area contributed by atoms with Crippen molar-refractivity contribution in [2.24, 2.45) is 0 Å². The van der Waals surface area contributed by atoms with E-state index < -0.39 is 22.7 Å². The van der Waals surface area contributed by atoms with E-state index in [1.165, 1.54) is 0 Å². The lowest BCUT2D eigenvalue weighted by molar-refractivity contribution is -0.150. The molecule has 0 fully saturated rings. The third kappa shape index (κ3) is 4.35. The van der Waals surface area contributed by atoms with E-state index in [2.05, 4.69) is 15.9 Å². The predicted octanol–water partition coefficient (Wildman–Crippen LogP) is 2.66. The molecule has 1 aromatic carbocycles. The lowest BCUT2D eigenvalue weighted by Crippen LogP contribution is -2.31. The first-order valence-electron chi connectivity index (χ1n) is 6.14. The van der Waals surface area contributed by atoms with Gasteiger partial charge in [0.1, 0.15) is 10.7 Å². The summed E-state index contributed by atoms with van der Waals surface area (Å²) in [5.74, 6) is -1.62. The Hall–Kier alpha value is -1.36. The Morgan fingerprint density at radius 2 is 1.58 bits per heavy atom. The highest BCUT2D eigenvalue weighted by Gasteiger charge is 2.35. The first-order valence-corrected chi connectivity index (χ1v) is 7.05. The van der Waals surface area contributed by atoms with Gasteiger partial charge in [0.05, 0.1) is 13.2 Å². The average molecular weight is 329 g/mol. The number of carbonyl (C=O) groups excluding carboxylic acids is 2. The summed E-state index contributed by atoms with van der Waals surface area (Å²) in [5.41, 5.74) is 0.718. The fourth-order valence-electron chi connectivity index (χ4n) is 1.67. The van der Waals surface area contributed by atoms with Crippen molar-refractivity contribution < 1.29 is 19.1 Å². The highest BCUT2D eigenvalue weighted by Crippen LogP contribution is 2.27. The van der Waals surface area contributed by atoms with Gasteiger partial charge in [-0.25, -0.2) is 0 Å². The number of alkyl halides is 1. The molecule has 0 bridgehead atoms. The van der Waals surface area contributed by atoms with Gasteiger partial charge >= 0.3 is 11.9 Å². The lowest BCUT2D eigenvalue weighted by Gasteiger charge is -2.20. The van der Waals surface area contributed by atoms with Gasteiger partial charge in [-0.15, -0.1) is 0 Å². The molecule has 2 unspecified atom stereocenters. The number of hydrogen-bond donors (Lipinski definition) is 0. The van der Waals surface area contributed by atoms with E-state index in [0.29, 0.717) is 0 Å². The monoisotopic (exact) mass is 328 g/mol. The molecule has 4 nitrogen and oxygen atoms in total. The Morgan fingerprint density at radius 1 is 1.05 bits per heavy atom. The minimum Gasteiger partial charge on any atom is -0.465 e. The molecule has 0 heterocycles. The van der Waals surface area contributed by atoms with Crippen molar-refractivity contribution >= 4 is 27.9 Å². The second-order valence-electron chi connectivity index (χ2n) is 3.79. The van der Waals surface area contributed by atoms with Gasteiger partial charge in [0.25, 0.3) is 0 Å². The molecule has 104 valence electrons. The van der Waals surface area contributed by atoms with Crippen molar-refractivity contribution in [1.82, 2.24) is 0 Å². The van der Waals surface area contributed by atoms with Gasteiger partial charge in [-0.3, -0.25) is 9.59 Å². The second kappa shape index (κ2) is 7.94. The zero-order chi connectivity index (χ0) is 14.3. The Labute approximate surface area is 121 Å². The summed E-state index contributed by atoms with van der Waals surface area (Å²) in [6, 6.07) is 9.04. The lowest BCUT2D eigenvalue weighted by atomic mass is 9.96. The van der Waals surface area contributed by atoms with Gasteiger partial charge in [0.2, 0.25) is 0 Å². The minimum absolute atomic E-state index is 0.269. The second-order valence-corrected chi connectivity index (χ2v) is 4.78. The summed E-state index contributed by atoms with van der Waals surface area (Å²) < 4.78 is 9.97. The fourth-order valence-corrected chi connectivity index (χ4v) is 2.33. The molecule has 0 amide bonds. The Kier molecular flexibility index (Phi) is 6.56. The highest BCUT2D eigenvalue weighted by molar-refractivity contribution is 9.10. The summed E-state index contributed by atoms with van der Waals surface area (Å²) in [5, 5.41) is 0. The molecule has 2 atom stereocenters. The number of halogens is 1. The maximum Gasteiger partial charge on any atom is 0.320 e. The number of ether oxygens (including phenoxy) is 2. The molecule has 0 saturated heterocycles. The summed E-state index contributed by atoms with van der Waals surface area (Å²) >= 11 is 3.24. The summed E-state index contributed by atoms with van der Waals surface area (Å²) in [6.07, 6.45) is 0. The summed E-state index contributed by atoms with van der Waals surface area (Å²) in [4.78, 5) is 23.1. The van der Waals surface area contributed by atoms with Crippen LogP contribution in [0.5, 0.6) is 0 Å². The zero-order valence-corrected chi connectivity index (χ0v) is 12.6. The fraction of sp³-hybridized carbons (Fsp3) is 0.429. The topological polar surface area (TPSA) is 52.6 Å². The molecule has 0 N–H and O–H groups in total. The van der Waals surface area contributed by atoms with Crippen LogP contribution < -0.4 is 0 Å². The summed E-state index contributed by atoms with van der Waals surface area (Å²) in [7, 11) is 0. The molecular weight excluding hydrogens is 312 g/mol. The molecule has 1 aromatic rings. The molecule has 0 saturated carbocycles. The number of hydrogen-bond acceptors (Lipinski definition) is 4. The molecule has 5 heteroatoms. The smallest absolute Gasteiger partial charge is 0.320 e. The number of benzene rings is 1. The number of rotatable bonds is 6. The van der Waals surface area contributed by atoms with E-state index in [0.717, 1.165) is 5.56 Å². The first-order chi connectivity index (χ1) is 9.11. The Morgan fingerprint density at radius 3 is 2.11 bits per heavy atom. The SMILES string of the molecule is CCOC(=O)C(Br)C(C(=O)OCC)c1ccccc1. The number of carbonyl (C=O) groups is 2. The maximum absolute atomic E-state index is 12.0. The highest BCUT2D eigenvalue weighted by atomic mass is 79.9. The maximum atomic E-state index is 12.0. The molecule has 0 aliphatic carbocycles. The third-order valence-corrected chi connectivity index (χ3v) is 3.41. The summed E-state index contributed by atoms with van der Waals surface area (Å²) in [6.45, 7) is 3.99. The van der Waals surface area contributed by atoms with Gasteiger partial charge < -0.3 is 9.47 Å². The van der Waals surface area contributed by atoms with E-state index in [-0.39, 0.29) is 13.2 Å². The third-order valence-electron chi connectivity index (χ3n) is 2.50. The van der Waals surface area contributed by atoms with Crippen LogP contribution in [0.4, 0.5) is 0 Å². The van der Waals surface area contributed by atoms with Crippen molar-refractivity contribution in [3.63, 3.8) is 0 Å². The normalized spacial score (nSPS) is 13.4. The minimum atomic E-state index is -0.756. The van der Waals surface area contributed by atoms with Crippen molar-refractivity contribution in [3.05, 3.63) is 35.9 Å². The Balaban J connectivity index is 2.99. The van der Waals surface area contributed by atoms with Gasteiger partial charge in [-0.1, -0.05) is 46.3 Å². The average Bonchev–Trinajstić information content (AvgIpc) is 2.40. The van der Waals surface area contributed by atoms with Crippen LogP contribution in [0, 0.1) is 0 Å². The van der Waals surface area contributed by atoms with Crippen LogP contribution >= 0.6 is 15.9 Å². The molecular formula is C14H17BrO4. The van der Waals surface area contributed by atoms with Crippen LogP contribution in [-0.4, -0.2) is 30.0 Å². The van der Waals surface area contributed by atoms with Crippen molar-refractivity contribution in [3.8, 4) is 0 Å². The largest absolute Gasteiger partial charge is 0.465 e. The number of esters is 2. The predicted molar refractivity (Wildman–Crippen MR) is 75.2 cm³/mol. The quantitative estimate of drug-likeness (QED) is 0.595. The van der Waals surface area contributed by atoms with E-state index in [1.54, 1.807) is 26.0 Å². The molecule has 0 radical (unpaired) electrons. The molecule has 19 heavy (non-hydrogen) atoms. The van der Waals surface area contributed by atoms with Gasteiger partial charge in [-0.2, -0.15) is 0 Å². The van der Waals surface area contributed by atoms with Crippen molar-refractivity contribution in [2.45, 2.75) is 24.6 Å². The van der Waals surface area contributed by atoms with Crippen LogP contribution in [0.2, 0.25) is 0 Å². The van der Waals surface area contributed by atoms with Gasteiger partial charge in [0.15, 0.2) is 0 Å². The Bertz CT molecular complexity index is 419. The van der Waals surface area contributed by atoms with Crippen LogP contribution in [0.3, 0.4) is 0 Å². The van der Waals surface area contributed by atoms with Crippen LogP contribution in [0.25, 0.3) is 0 Å². The zero-order valence-electron chi connectivity index (χ0n) is 11.0. The molecule has 1 rings (SSSR count). The molecule has 0 aromatic heterocycles. The first kappa shape index (κ1) is 15.7. The molecule has 0 aliphatic heterocycles. The van der Waals surface area contributed by atoms with E-state index >= 15 is 0 Å². The molecule has 0 spiro atoms. The molecule has 0 aliphatic rings. The van der Waals surface area contributed by atoms with Gasteiger partial charge in [-0.05, 0) is 19.4 Å². The van der Waals surface area contributed by atoms with Gasteiger partial charge in [0, 0.05) is 0 Å². The van der Waals surface area contributed by atoms with Crippen molar-refractivity contribution in [2.75, 3.05) is 13.2 Å². The van der Waals surface area contributed by atoms with Crippen LogP contribution in [0.15, 0.2) is 30.3 Å². The van der Waals surface area contributed by atoms with E-state index in [9.17, 15) is 9.59 Å². The van der Waals surface area contributed by atoms with Crippen molar-refractivity contribution in [1.29, 1.82) is 0 Å².